The van der Waals surface area contributed by atoms with Crippen LogP contribution in [-0.2, 0) is 36.8 Å². The number of hydrogen-bond donors (Lipinski definition) is 9. The highest BCUT2D eigenvalue weighted by Gasteiger charge is 2.31. The predicted molar refractivity (Wildman–Crippen MR) is 131 cm³/mol. The number of carboxylic acids is 1. The van der Waals surface area contributed by atoms with Crippen LogP contribution in [0.1, 0.15) is 24.1 Å². The number of carbonyl (C=O) groups excluding carboxylic acids is 4. The van der Waals surface area contributed by atoms with Gasteiger partial charge in [-0.3, -0.25) is 19.2 Å². The summed E-state index contributed by atoms with van der Waals surface area (Å²) in [5.74, 6) is -4.69. The van der Waals surface area contributed by atoms with E-state index < -0.39 is 60.4 Å². The van der Waals surface area contributed by atoms with Crippen molar-refractivity contribution in [1.82, 2.24) is 25.9 Å². The summed E-state index contributed by atoms with van der Waals surface area (Å²) >= 11 is 0. The van der Waals surface area contributed by atoms with E-state index in [2.05, 4.69) is 25.9 Å². The van der Waals surface area contributed by atoms with Crippen molar-refractivity contribution in [2.24, 2.45) is 11.5 Å². The Labute approximate surface area is 217 Å². The molecule has 1 aromatic carbocycles. The van der Waals surface area contributed by atoms with Crippen LogP contribution in [0.3, 0.4) is 0 Å². The summed E-state index contributed by atoms with van der Waals surface area (Å²) in [7, 11) is 0. The number of rotatable bonds is 15. The van der Waals surface area contributed by atoms with Gasteiger partial charge in [0.2, 0.25) is 23.6 Å². The Morgan fingerprint density at radius 3 is 2.08 bits per heavy atom. The number of aromatic hydroxyl groups is 1. The molecule has 4 unspecified atom stereocenters. The Balaban J connectivity index is 2.26. The van der Waals surface area contributed by atoms with Gasteiger partial charge in [-0.2, -0.15) is 0 Å². The Hall–Kier alpha value is -4.50. The summed E-state index contributed by atoms with van der Waals surface area (Å²) in [6.45, 7) is -0.700. The number of aliphatic hydroxyl groups excluding tert-OH is 1. The van der Waals surface area contributed by atoms with E-state index in [1.165, 1.54) is 36.8 Å². The van der Waals surface area contributed by atoms with Crippen molar-refractivity contribution in [3.8, 4) is 5.75 Å². The molecular weight excluding hydrogens is 502 g/mol. The van der Waals surface area contributed by atoms with Crippen LogP contribution in [0.15, 0.2) is 36.8 Å². The number of nitrogens with one attached hydrogen (secondary N) is 4. The number of aromatic amines is 1. The maximum Gasteiger partial charge on any atom is 0.326 e. The summed E-state index contributed by atoms with van der Waals surface area (Å²) in [6.07, 6.45) is 2.02. The van der Waals surface area contributed by atoms with E-state index in [0.29, 0.717) is 11.3 Å². The van der Waals surface area contributed by atoms with Gasteiger partial charge in [-0.05, 0) is 24.1 Å². The van der Waals surface area contributed by atoms with Gasteiger partial charge in [0.25, 0.3) is 0 Å². The molecule has 4 amide bonds. The highest BCUT2D eigenvalue weighted by atomic mass is 16.4. The minimum absolute atomic E-state index is 0.0289. The van der Waals surface area contributed by atoms with E-state index in [1.54, 1.807) is 0 Å². The number of aliphatic carboxylic acids is 1. The van der Waals surface area contributed by atoms with Gasteiger partial charge in [-0.25, -0.2) is 9.78 Å². The van der Waals surface area contributed by atoms with Gasteiger partial charge in [0.15, 0.2) is 0 Å². The molecule has 0 bridgehead atoms. The third kappa shape index (κ3) is 9.51. The molecule has 2 rings (SSSR count). The molecule has 0 fully saturated rings. The maximum atomic E-state index is 13.2. The molecule has 4 atom stereocenters. The minimum Gasteiger partial charge on any atom is -0.508 e. The molecule has 15 nitrogen and oxygen atoms in total. The number of aromatic nitrogens is 2. The fraction of sp³-hybridized carbons (Fsp3) is 0.391. The zero-order chi connectivity index (χ0) is 28.2. The Morgan fingerprint density at radius 1 is 0.921 bits per heavy atom. The van der Waals surface area contributed by atoms with Gasteiger partial charge >= 0.3 is 5.97 Å². The number of imidazole rings is 1. The van der Waals surface area contributed by atoms with Crippen LogP contribution in [-0.4, -0.2) is 85.7 Å². The van der Waals surface area contributed by atoms with Crippen LogP contribution in [0.4, 0.5) is 0 Å². The van der Waals surface area contributed by atoms with Crippen LogP contribution in [0.5, 0.6) is 5.75 Å². The van der Waals surface area contributed by atoms with E-state index in [4.69, 9.17) is 16.6 Å². The van der Waals surface area contributed by atoms with Crippen LogP contribution >= 0.6 is 0 Å². The molecule has 0 saturated carbocycles. The minimum atomic E-state index is -1.37. The highest BCUT2D eigenvalue weighted by Crippen LogP contribution is 2.12. The molecule has 0 aliphatic heterocycles. The number of phenols is 1. The molecule has 0 spiro atoms. The monoisotopic (exact) mass is 533 g/mol. The number of phenolic OH excluding ortho intramolecular Hbond substituents is 1. The summed E-state index contributed by atoms with van der Waals surface area (Å²) < 4.78 is 0. The number of aliphatic hydroxyl groups is 1. The van der Waals surface area contributed by atoms with Crippen molar-refractivity contribution in [2.75, 3.05) is 6.61 Å². The second-order valence-corrected chi connectivity index (χ2v) is 8.47. The van der Waals surface area contributed by atoms with Crippen molar-refractivity contribution in [2.45, 2.75) is 49.9 Å². The number of amides is 4. The molecule has 1 heterocycles. The number of carbonyl (C=O) groups is 5. The van der Waals surface area contributed by atoms with E-state index in [-0.39, 0.29) is 31.4 Å². The number of hydrogen-bond acceptors (Lipinski definition) is 9. The fourth-order valence-corrected chi connectivity index (χ4v) is 3.36. The lowest BCUT2D eigenvalue weighted by Crippen LogP contribution is -2.58. The van der Waals surface area contributed by atoms with Crippen molar-refractivity contribution in [3.05, 3.63) is 48.0 Å². The summed E-state index contributed by atoms with van der Waals surface area (Å²) in [6, 6.07) is 0.385. The lowest BCUT2D eigenvalue weighted by atomic mass is 10.0. The highest BCUT2D eigenvalue weighted by molar-refractivity contribution is 5.94. The lowest BCUT2D eigenvalue weighted by Gasteiger charge is -2.25. The molecule has 0 radical (unpaired) electrons. The fourth-order valence-electron chi connectivity index (χ4n) is 3.36. The molecule has 1 aromatic heterocycles. The number of nitrogens with two attached hydrogens (primary N) is 2. The summed E-state index contributed by atoms with van der Waals surface area (Å²) in [4.78, 5) is 68.1. The number of H-pyrrole nitrogens is 1. The van der Waals surface area contributed by atoms with Gasteiger partial charge in [0.05, 0.1) is 12.9 Å². The van der Waals surface area contributed by atoms with Gasteiger partial charge in [-0.15, -0.1) is 0 Å². The van der Waals surface area contributed by atoms with E-state index in [0.717, 1.165) is 0 Å². The summed E-state index contributed by atoms with van der Waals surface area (Å²) in [5.41, 5.74) is 11.6. The van der Waals surface area contributed by atoms with Crippen LogP contribution in [0.25, 0.3) is 0 Å². The first kappa shape index (κ1) is 29.7. The Kier molecular flexibility index (Phi) is 11.2. The average molecular weight is 534 g/mol. The van der Waals surface area contributed by atoms with Gasteiger partial charge in [-0.1, -0.05) is 12.1 Å². The molecular formula is C23H31N7O8. The zero-order valence-corrected chi connectivity index (χ0v) is 20.3. The number of nitrogens with zero attached hydrogens (tertiary/aromatic N) is 1. The largest absolute Gasteiger partial charge is 0.508 e. The first-order valence-electron chi connectivity index (χ1n) is 11.5. The third-order valence-corrected chi connectivity index (χ3v) is 5.45. The Morgan fingerprint density at radius 2 is 1.53 bits per heavy atom. The van der Waals surface area contributed by atoms with Crippen molar-refractivity contribution in [3.63, 3.8) is 0 Å². The molecule has 0 saturated heterocycles. The second-order valence-electron chi connectivity index (χ2n) is 8.47. The van der Waals surface area contributed by atoms with E-state index in [9.17, 15) is 34.2 Å². The quantitative estimate of drug-likeness (QED) is 0.112. The van der Waals surface area contributed by atoms with Gasteiger partial charge in [0.1, 0.15) is 29.9 Å². The second kappa shape index (κ2) is 14.3. The number of benzene rings is 1. The van der Waals surface area contributed by atoms with Crippen LogP contribution < -0.4 is 27.4 Å². The molecule has 11 N–H and O–H groups in total. The van der Waals surface area contributed by atoms with Crippen molar-refractivity contribution >= 4 is 29.6 Å². The first-order valence-corrected chi connectivity index (χ1v) is 11.5. The van der Waals surface area contributed by atoms with Gasteiger partial charge < -0.3 is 47.7 Å². The zero-order valence-electron chi connectivity index (χ0n) is 20.3. The van der Waals surface area contributed by atoms with E-state index >= 15 is 0 Å². The molecule has 0 aliphatic rings. The molecule has 2 aromatic rings. The van der Waals surface area contributed by atoms with Crippen LogP contribution in [0, 0.1) is 0 Å². The van der Waals surface area contributed by atoms with Gasteiger partial charge in [0, 0.05) is 31.2 Å². The van der Waals surface area contributed by atoms with E-state index in [1.807, 2.05) is 0 Å². The molecule has 15 heteroatoms. The predicted octanol–water partition coefficient (Wildman–Crippen LogP) is -2.98. The van der Waals surface area contributed by atoms with Crippen LogP contribution in [0.2, 0.25) is 0 Å². The average Bonchev–Trinajstić information content (AvgIpc) is 3.39. The molecule has 0 aliphatic carbocycles. The maximum absolute atomic E-state index is 13.2. The normalized spacial score (nSPS) is 13.9. The first-order chi connectivity index (χ1) is 18.0. The Bertz CT molecular complexity index is 1110. The molecule has 206 valence electrons. The SMILES string of the molecule is NC(=O)CCC(NC(=O)C(N)CO)C(=O)NC(Cc1ccc(O)cc1)C(=O)NC(Cc1cnc[nH]1)C(=O)O. The lowest BCUT2D eigenvalue weighted by molar-refractivity contribution is -0.142. The molecule has 38 heavy (non-hydrogen) atoms. The smallest absolute Gasteiger partial charge is 0.326 e. The number of primary amides is 1. The summed E-state index contributed by atoms with van der Waals surface area (Å²) in [5, 5.41) is 35.4. The van der Waals surface area contributed by atoms with Crippen molar-refractivity contribution < 1.29 is 39.3 Å². The topological polar surface area (TPSA) is 263 Å². The standard InChI is InChI=1S/C23H31N7O8/c24-15(10-31)20(34)28-16(5-6-19(25)33)21(35)29-17(7-12-1-3-14(32)4-2-12)22(36)30-18(23(37)38)8-13-9-26-11-27-13/h1-4,9,11,15-18,31-32H,5-8,10,24H2,(H2,25,33)(H,26,27)(H,28,34)(H,29,35)(H,30,36)(H,37,38). The van der Waals surface area contributed by atoms with Crippen molar-refractivity contribution in [1.29, 1.82) is 0 Å². The number of carboxylic acid groups (broad SMARTS) is 1. The third-order valence-electron chi connectivity index (χ3n) is 5.45.